The molecule has 1 heterocycles. The first kappa shape index (κ1) is 14.2. The van der Waals surface area contributed by atoms with Crippen molar-refractivity contribution in [3.8, 4) is 0 Å². The van der Waals surface area contributed by atoms with Crippen LogP contribution in [0.15, 0.2) is 22.7 Å². The molecule has 1 atom stereocenters. The number of halogens is 1. The molecule has 0 radical (unpaired) electrons. The van der Waals surface area contributed by atoms with E-state index in [4.69, 9.17) is 0 Å². The number of anilines is 1. The van der Waals surface area contributed by atoms with Gasteiger partial charge in [0.15, 0.2) is 0 Å². The van der Waals surface area contributed by atoms with Crippen molar-refractivity contribution < 1.29 is 0 Å². The fourth-order valence-corrected chi connectivity index (χ4v) is 4.21. The smallest absolute Gasteiger partial charge is 0.0511 e. The number of thioether (sulfide) groups is 1. The van der Waals surface area contributed by atoms with Gasteiger partial charge in [0.1, 0.15) is 0 Å². The van der Waals surface area contributed by atoms with Gasteiger partial charge in [-0.05, 0) is 52.3 Å². The van der Waals surface area contributed by atoms with Crippen LogP contribution in [0, 0.1) is 0 Å². The van der Waals surface area contributed by atoms with Gasteiger partial charge in [-0.3, -0.25) is 0 Å². The van der Waals surface area contributed by atoms with E-state index in [0.29, 0.717) is 6.04 Å². The zero-order valence-electron chi connectivity index (χ0n) is 11.1. The van der Waals surface area contributed by atoms with Gasteiger partial charge in [0.2, 0.25) is 0 Å². The maximum Gasteiger partial charge on any atom is 0.0511 e. The summed E-state index contributed by atoms with van der Waals surface area (Å²) in [7, 11) is 2.21. The lowest BCUT2D eigenvalue weighted by Crippen LogP contribution is -2.31. The Balaban J connectivity index is 2.08. The number of rotatable bonds is 5. The average molecular weight is 329 g/mol. The van der Waals surface area contributed by atoms with Crippen LogP contribution in [-0.4, -0.2) is 31.1 Å². The van der Waals surface area contributed by atoms with E-state index in [1.165, 1.54) is 33.7 Å². The largest absolute Gasteiger partial charge is 0.370 e. The molecule has 0 spiro atoms. The van der Waals surface area contributed by atoms with E-state index in [-0.39, 0.29) is 0 Å². The van der Waals surface area contributed by atoms with E-state index in [0.717, 1.165) is 13.1 Å². The molecular weight excluding hydrogens is 308 g/mol. The van der Waals surface area contributed by atoms with Gasteiger partial charge in [-0.25, -0.2) is 0 Å². The minimum Gasteiger partial charge on any atom is -0.370 e. The van der Waals surface area contributed by atoms with E-state index in [9.17, 15) is 0 Å². The van der Waals surface area contributed by atoms with Crippen LogP contribution < -0.4 is 10.2 Å². The Hall–Kier alpha value is -0.190. The molecule has 1 saturated heterocycles. The van der Waals surface area contributed by atoms with E-state index >= 15 is 0 Å². The predicted octanol–water partition coefficient (Wildman–Crippen LogP) is 3.50. The molecule has 18 heavy (non-hydrogen) atoms. The highest BCUT2D eigenvalue weighted by Gasteiger charge is 2.21. The molecule has 1 aliphatic heterocycles. The summed E-state index contributed by atoms with van der Waals surface area (Å²) < 4.78 is 1.21. The van der Waals surface area contributed by atoms with Crippen molar-refractivity contribution in [1.82, 2.24) is 5.32 Å². The van der Waals surface area contributed by atoms with Crippen LogP contribution in [-0.2, 0) is 6.54 Å². The van der Waals surface area contributed by atoms with Crippen molar-refractivity contribution >= 4 is 33.4 Å². The fourth-order valence-electron chi connectivity index (χ4n) is 2.24. The Kier molecular flexibility index (Phi) is 5.39. The Morgan fingerprint density at radius 1 is 1.50 bits per heavy atom. The van der Waals surface area contributed by atoms with Gasteiger partial charge in [-0.1, -0.05) is 13.0 Å². The lowest BCUT2D eigenvalue weighted by Gasteiger charge is -2.27. The molecule has 0 amide bonds. The summed E-state index contributed by atoms with van der Waals surface area (Å²) in [6.07, 6.45) is 1.30. The van der Waals surface area contributed by atoms with Gasteiger partial charge in [0, 0.05) is 29.9 Å². The number of nitrogens with zero attached hydrogens (tertiary/aromatic N) is 1. The third-order valence-electron chi connectivity index (χ3n) is 3.42. The van der Waals surface area contributed by atoms with Crippen LogP contribution in [0.3, 0.4) is 0 Å². The van der Waals surface area contributed by atoms with Crippen LogP contribution in [0.5, 0.6) is 0 Å². The molecule has 1 aliphatic rings. The number of hydrogen-bond acceptors (Lipinski definition) is 3. The lowest BCUT2D eigenvalue weighted by atomic mass is 10.1. The molecular formula is C14H21BrN2S. The van der Waals surface area contributed by atoms with Gasteiger partial charge in [0.25, 0.3) is 0 Å². The zero-order valence-corrected chi connectivity index (χ0v) is 13.5. The van der Waals surface area contributed by atoms with E-state index in [1.54, 1.807) is 0 Å². The standard InChI is InChI=1S/C14H21BrN2S/c1-3-16-9-11-4-5-14(13(15)8-11)17(2)12-6-7-18-10-12/h4-5,8,12,16H,3,6-7,9-10H2,1-2H3. The molecule has 1 unspecified atom stereocenters. The Bertz CT molecular complexity index is 391. The van der Waals surface area contributed by atoms with Gasteiger partial charge < -0.3 is 10.2 Å². The molecule has 2 rings (SSSR count). The monoisotopic (exact) mass is 328 g/mol. The van der Waals surface area contributed by atoms with Crippen LogP contribution in [0.4, 0.5) is 5.69 Å². The highest BCUT2D eigenvalue weighted by molar-refractivity contribution is 9.10. The summed E-state index contributed by atoms with van der Waals surface area (Å²) in [6.45, 7) is 4.09. The molecule has 100 valence electrons. The summed E-state index contributed by atoms with van der Waals surface area (Å²) in [5.41, 5.74) is 2.64. The average Bonchev–Trinajstić information content (AvgIpc) is 2.89. The van der Waals surface area contributed by atoms with Crippen LogP contribution in [0.1, 0.15) is 18.9 Å². The normalized spacial score (nSPS) is 19.2. The van der Waals surface area contributed by atoms with Crippen molar-refractivity contribution in [2.75, 3.05) is 30.0 Å². The van der Waals surface area contributed by atoms with Gasteiger partial charge in [-0.15, -0.1) is 0 Å². The van der Waals surface area contributed by atoms with Gasteiger partial charge in [-0.2, -0.15) is 11.8 Å². The van der Waals surface area contributed by atoms with Crippen LogP contribution >= 0.6 is 27.7 Å². The van der Waals surface area contributed by atoms with Crippen LogP contribution in [0.2, 0.25) is 0 Å². The van der Waals surface area contributed by atoms with Crippen molar-refractivity contribution in [3.63, 3.8) is 0 Å². The molecule has 1 N–H and O–H groups in total. The van der Waals surface area contributed by atoms with E-state index in [2.05, 4.69) is 70.1 Å². The quantitative estimate of drug-likeness (QED) is 0.890. The highest BCUT2D eigenvalue weighted by Crippen LogP contribution is 2.31. The van der Waals surface area contributed by atoms with Crippen molar-refractivity contribution in [2.24, 2.45) is 0 Å². The summed E-state index contributed by atoms with van der Waals surface area (Å²) >= 11 is 5.77. The molecule has 1 aromatic rings. The Labute approximate surface area is 123 Å². The third-order valence-corrected chi connectivity index (χ3v) is 5.20. The topological polar surface area (TPSA) is 15.3 Å². The zero-order chi connectivity index (χ0) is 13.0. The van der Waals surface area contributed by atoms with E-state index in [1.807, 2.05) is 0 Å². The maximum absolute atomic E-state index is 3.71. The molecule has 0 bridgehead atoms. The second-order valence-electron chi connectivity index (χ2n) is 4.69. The minimum absolute atomic E-state index is 0.686. The Morgan fingerprint density at radius 3 is 2.94 bits per heavy atom. The highest BCUT2D eigenvalue weighted by atomic mass is 79.9. The lowest BCUT2D eigenvalue weighted by molar-refractivity contribution is 0.697. The first-order valence-electron chi connectivity index (χ1n) is 6.52. The summed E-state index contributed by atoms with van der Waals surface area (Å²) in [5.74, 6) is 2.55. The first-order valence-corrected chi connectivity index (χ1v) is 8.47. The maximum atomic E-state index is 3.71. The fraction of sp³-hybridized carbons (Fsp3) is 0.571. The Morgan fingerprint density at radius 2 is 2.33 bits per heavy atom. The summed E-state index contributed by atoms with van der Waals surface area (Å²) in [4.78, 5) is 2.42. The molecule has 1 aromatic carbocycles. The van der Waals surface area contributed by atoms with E-state index < -0.39 is 0 Å². The number of nitrogens with one attached hydrogen (secondary N) is 1. The molecule has 1 fully saturated rings. The van der Waals surface area contributed by atoms with Crippen LogP contribution in [0.25, 0.3) is 0 Å². The second-order valence-corrected chi connectivity index (χ2v) is 6.70. The van der Waals surface area contributed by atoms with Crippen molar-refractivity contribution in [1.29, 1.82) is 0 Å². The third kappa shape index (κ3) is 3.43. The number of benzene rings is 1. The molecule has 2 nitrogen and oxygen atoms in total. The summed E-state index contributed by atoms with van der Waals surface area (Å²) in [6, 6.07) is 7.38. The van der Waals surface area contributed by atoms with Crippen molar-refractivity contribution in [2.45, 2.75) is 25.9 Å². The minimum atomic E-state index is 0.686. The number of hydrogen-bond donors (Lipinski definition) is 1. The molecule has 4 heteroatoms. The SMILES string of the molecule is CCNCc1ccc(N(C)C2CCSC2)c(Br)c1. The molecule has 0 saturated carbocycles. The van der Waals surface area contributed by atoms with Gasteiger partial charge >= 0.3 is 0 Å². The molecule has 0 aliphatic carbocycles. The van der Waals surface area contributed by atoms with Gasteiger partial charge in [0.05, 0.1) is 5.69 Å². The predicted molar refractivity (Wildman–Crippen MR) is 85.7 cm³/mol. The molecule has 0 aromatic heterocycles. The second kappa shape index (κ2) is 6.83. The summed E-state index contributed by atoms with van der Waals surface area (Å²) in [5, 5.41) is 3.36. The first-order chi connectivity index (χ1) is 8.72. The van der Waals surface area contributed by atoms with Crippen molar-refractivity contribution in [3.05, 3.63) is 28.2 Å².